The van der Waals surface area contributed by atoms with Gasteiger partial charge in [-0.25, -0.2) is 0 Å². The maximum Gasteiger partial charge on any atom is 0.251 e. The molecule has 0 aliphatic heterocycles. The quantitative estimate of drug-likeness (QED) is 0.888. The Kier molecular flexibility index (Phi) is 5.53. The van der Waals surface area contributed by atoms with E-state index in [4.69, 9.17) is 0 Å². The van der Waals surface area contributed by atoms with E-state index in [1.54, 1.807) is 12.4 Å². The minimum atomic E-state index is -0.0598. The van der Waals surface area contributed by atoms with Crippen LogP contribution in [0.5, 0.6) is 0 Å². The number of aromatic nitrogens is 1. The van der Waals surface area contributed by atoms with Crippen LogP contribution in [0.25, 0.3) is 0 Å². The third kappa shape index (κ3) is 3.85. The van der Waals surface area contributed by atoms with E-state index in [1.165, 1.54) is 0 Å². The predicted molar refractivity (Wildman–Crippen MR) is 90.1 cm³/mol. The molecule has 0 aliphatic carbocycles. The molecule has 1 amide bonds. The monoisotopic (exact) mass is 297 g/mol. The Morgan fingerprint density at radius 2 is 1.68 bits per heavy atom. The number of pyridine rings is 1. The van der Waals surface area contributed by atoms with Crippen LogP contribution in [0.4, 0.5) is 5.69 Å². The molecule has 2 aromatic rings. The minimum Gasteiger partial charge on any atom is -0.372 e. The molecule has 116 valence electrons. The van der Waals surface area contributed by atoms with Crippen LogP contribution < -0.4 is 10.2 Å². The summed E-state index contributed by atoms with van der Waals surface area (Å²) in [7, 11) is 0. The molecule has 1 atom stereocenters. The lowest BCUT2D eigenvalue weighted by Gasteiger charge is -2.21. The summed E-state index contributed by atoms with van der Waals surface area (Å²) in [4.78, 5) is 18.5. The maximum atomic E-state index is 12.3. The van der Waals surface area contributed by atoms with Crippen LogP contribution in [-0.2, 0) is 0 Å². The Labute approximate surface area is 132 Å². The zero-order valence-electron chi connectivity index (χ0n) is 13.4. The SMILES string of the molecule is CCN(CC)c1ccc(C(=O)NC(C)c2ccncc2)cc1. The van der Waals surface area contributed by atoms with Crippen LogP contribution >= 0.6 is 0 Å². The lowest BCUT2D eigenvalue weighted by atomic mass is 10.1. The van der Waals surface area contributed by atoms with E-state index in [9.17, 15) is 4.79 Å². The number of benzene rings is 1. The molecular formula is C18H23N3O. The van der Waals surface area contributed by atoms with Crippen molar-refractivity contribution in [2.75, 3.05) is 18.0 Å². The third-order valence-electron chi connectivity index (χ3n) is 3.81. The van der Waals surface area contributed by atoms with Gasteiger partial charge in [0.25, 0.3) is 5.91 Å². The Hall–Kier alpha value is -2.36. The van der Waals surface area contributed by atoms with Crippen LogP contribution in [0, 0.1) is 0 Å². The third-order valence-corrected chi connectivity index (χ3v) is 3.81. The summed E-state index contributed by atoms with van der Waals surface area (Å²) >= 11 is 0. The van der Waals surface area contributed by atoms with Gasteiger partial charge in [-0.15, -0.1) is 0 Å². The van der Waals surface area contributed by atoms with Gasteiger partial charge in [0.15, 0.2) is 0 Å². The van der Waals surface area contributed by atoms with Gasteiger partial charge in [-0.05, 0) is 62.7 Å². The highest BCUT2D eigenvalue weighted by atomic mass is 16.1. The summed E-state index contributed by atoms with van der Waals surface area (Å²) in [6, 6.07) is 11.5. The van der Waals surface area contributed by atoms with Gasteiger partial charge in [0.2, 0.25) is 0 Å². The number of hydrogen-bond donors (Lipinski definition) is 1. The molecule has 0 radical (unpaired) electrons. The Morgan fingerprint density at radius 1 is 1.09 bits per heavy atom. The average molecular weight is 297 g/mol. The molecule has 4 heteroatoms. The standard InChI is InChI=1S/C18H23N3O/c1-4-21(5-2)17-8-6-16(7-9-17)18(22)20-14(3)15-10-12-19-13-11-15/h6-14H,4-5H2,1-3H3,(H,20,22). The van der Waals surface area contributed by atoms with Crippen molar-refractivity contribution in [2.45, 2.75) is 26.8 Å². The van der Waals surface area contributed by atoms with Crippen molar-refractivity contribution in [1.82, 2.24) is 10.3 Å². The Balaban J connectivity index is 2.04. The molecule has 1 aromatic heterocycles. The second kappa shape index (κ2) is 7.59. The topological polar surface area (TPSA) is 45.2 Å². The van der Waals surface area contributed by atoms with Gasteiger partial charge in [-0.3, -0.25) is 9.78 Å². The van der Waals surface area contributed by atoms with Gasteiger partial charge in [0.05, 0.1) is 6.04 Å². The fourth-order valence-electron chi connectivity index (χ4n) is 2.43. The number of nitrogens with one attached hydrogen (secondary N) is 1. The normalized spacial score (nSPS) is 11.8. The lowest BCUT2D eigenvalue weighted by molar-refractivity contribution is 0.0940. The first kappa shape index (κ1) is 16.0. The van der Waals surface area contributed by atoms with Crippen molar-refractivity contribution >= 4 is 11.6 Å². The first-order valence-electron chi connectivity index (χ1n) is 7.71. The summed E-state index contributed by atoms with van der Waals surface area (Å²) in [6.07, 6.45) is 3.47. The summed E-state index contributed by atoms with van der Waals surface area (Å²) in [6.45, 7) is 8.14. The van der Waals surface area contributed by atoms with Crippen LogP contribution in [0.1, 0.15) is 42.7 Å². The highest BCUT2D eigenvalue weighted by molar-refractivity contribution is 5.94. The van der Waals surface area contributed by atoms with Crippen molar-refractivity contribution in [3.8, 4) is 0 Å². The number of carbonyl (C=O) groups is 1. The van der Waals surface area contributed by atoms with E-state index in [1.807, 2.05) is 43.3 Å². The molecule has 0 fully saturated rings. The van der Waals surface area contributed by atoms with Crippen LogP contribution in [0.3, 0.4) is 0 Å². The van der Waals surface area contributed by atoms with Gasteiger partial charge < -0.3 is 10.2 Å². The maximum absolute atomic E-state index is 12.3. The van der Waals surface area contributed by atoms with E-state index in [-0.39, 0.29) is 11.9 Å². The molecule has 1 N–H and O–H groups in total. The number of carbonyl (C=O) groups excluding carboxylic acids is 1. The van der Waals surface area contributed by atoms with Gasteiger partial charge in [0, 0.05) is 36.7 Å². The molecule has 22 heavy (non-hydrogen) atoms. The van der Waals surface area contributed by atoms with E-state index < -0.39 is 0 Å². The molecule has 0 spiro atoms. The summed E-state index contributed by atoms with van der Waals surface area (Å²) in [5.41, 5.74) is 2.86. The molecule has 0 bridgehead atoms. The zero-order chi connectivity index (χ0) is 15.9. The molecule has 0 saturated carbocycles. The van der Waals surface area contributed by atoms with Gasteiger partial charge in [-0.1, -0.05) is 0 Å². The summed E-state index contributed by atoms with van der Waals surface area (Å²) in [5, 5.41) is 3.01. The lowest BCUT2D eigenvalue weighted by Crippen LogP contribution is -2.27. The van der Waals surface area contributed by atoms with Crippen molar-refractivity contribution in [1.29, 1.82) is 0 Å². The number of amides is 1. The predicted octanol–water partition coefficient (Wildman–Crippen LogP) is 3.42. The van der Waals surface area contributed by atoms with Crippen molar-refractivity contribution < 1.29 is 4.79 Å². The van der Waals surface area contributed by atoms with Crippen molar-refractivity contribution in [2.24, 2.45) is 0 Å². The zero-order valence-corrected chi connectivity index (χ0v) is 13.4. The molecule has 0 aliphatic rings. The van der Waals surface area contributed by atoms with E-state index in [0.717, 1.165) is 24.3 Å². The highest BCUT2D eigenvalue weighted by Gasteiger charge is 2.11. The Bertz CT molecular complexity index is 591. The average Bonchev–Trinajstić information content (AvgIpc) is 2.57. The smallest absolute Gasteiger partial charge is 0.251 e. The van der Waals surface area contributed by atoms with Gasteiger partial charge in [-0.2, -0.15) is 0 Å². The van der Waals surface area contributed by atoms with Crippen LogP contribution in [0.15, 0.2) is 48.8 Å². The first-order valence-corrected chi connectivity index (χ1v) is 7.71. The molecule has 1 unspecified atom stereocenters. The molecule has 0 saturated heterocycles. The second-order valence-corrected chi connectivity index (χ2v) is 5.19. The fourth-order valence-corrected chi connectivity index (χ4v) is 2.43. The molecule has 2 rings (SSSR count). The van der Waals surface area contributed by atoms with Gasteiger partial charge >= 0.3 is 0 Å². The van der Waals surface area contributed by atoms with Crippen LogP contribution in [-0.4, -0.2) is 24.0 Å². The number of anilines is 1. The minimum absolute atomic E-state index is 0.0436. The second-order valence-electron chi connectivity index (χ2n) is 5.19. The van der Waals surface area contributed by atoms with Crippen molar-refractivity contribution in [3.63, 3.8) is 0 Å². The van der Waals surface area contributed by atoms with E-state index in [0.29, 0.717) is 5.56 Å². The molecule has 1 aromatic carbocycles. The fraction of sp³-hybridized carbons (Fsp3) is 0.333. The van der Waals surface area contributed by atoms with Crippen LogP contribution in [0.2, 0.25) is 0 Å². The molecule has 4 nitrogen and oxygen atoms in total. The molecule has 1 heterocycles. The largest absolute Gasteiger partial charge is 0.372 e. The van der Waals surface area contributed by atoms with Crippen molar-refractivity contribution in [3.05, 3.63) is 59.9 Å². The Morgan fingerprint density at radius 3 is 2.23 bits per heavy atom. The summed E-state index contributed by atoms with van der Waals surface area (Å²) in [5.74, 6) is -0.0598. The van der Waals surface area contributed by atoms with E-state index in [2.05, 4.69) is 29.0 Å². The number of rotatable bonds is 6. The van der Waals surface area contributed by atoms with Gasteiger partial charge in [0.1, 0.15) is 0 Å². The van der Waals surface area contributed by atoms with E-state index >= 15 is 0 Å². The summed E-state index contributed by atoms with van der Waals surface area (Å²) < 4.78 is 0. The highest BCUT2D eigenvalue weighted by Crippen LogP contribution is 2.16. The molecular weight excluding hydrogens is 274 g/mol. The number of hydrogen-bond acceptors (Lipinski definition) is 3. The first-order chi connectivity index (χ1) is 10.7. The number of nitrogens with zero attached hydrogens (tertiary/aromatic N) is 2.